The molecule has 1 aliphatic carbocycles. The molecule has 0 N–H and O–H groups in total. The summed E-state index contributed by atoms with van der Waals surface area (Å²) in [6.07, 6.45) is 6.34. The molecule has 78 valence electrons. The molecule has 0 aromatic rings. The van der Waals surface area contributed by atoms with E-state index in [0.29, 0.717) is 12.3 Å². The van der Waals surface area contributed by atoms with Crippen molar-refractivity contribution in [3.8, 4) is 0 Å². The van der Waals surface area contributed by atoms with E-state index in [4.69, 9.17) is 22.3 Å². The Kier molecular flexibility index (Phi) is 4.33. The van der Waals surface area contributed by atoms with Gasteiger partial charge in [-0.1, -0.05) is 32.1 Å². The first kappa shape index (κ1) is 11.6. The van der Waals surface area contributed by atoms with Crippen LogP contribution in [0.3, 0.4) is 0 Å². The van der Waals surface area contributed by atoms with Crippen LogP contribution in [-0.4, -0.2) is 13.1 Å². The molecule has 0 aliphatic heterocycles. The van der Waals surface area contributed by atoms with Crippen molar-refractivity contribution in [1.82, 2.24) is 0 Å². The monoisotopic (exact) mass is 244 g/mol. The molecular weight excluding hydrogens is 231 g/mol. The summed E-state index contributed by atoms with van der Waals surface area (Å²) < 4.78 is 20.8. The molecule has 0 bridgehead atoms. The molecule has 1 aliphatic rings. The molecule has 13 heavy (non-hydrogen) atoms. The summed E-state index contributed by atoms with van der Waals surface area (Å²) in [7, 11) is 1.58. The van der Waals surface area contributed by atoms with Crippen molar-refractivity contribution in [3.63, 3.8) is 0 Å². The van der Waals surface area contributed by atoms with E-state index in [1.54, 1.807) is 0 Å². The quantitative estimate of drug-likeness (QED) is 0.565. The van der Waals surface area contributed by atoms with Gasteiger partial charge in [-0.05, 0) is 12.3 Å². The van der Waals surface area contributed by atoms with E-state index in [-0.39, 0.29) is 0 Å². The first-order chi connectivity index (χ1) is 6.00. The van der Waals surface area contributed by atoms with E-state index in [1.807, 2.05) is 0 Å². The van der Waals surface area contributed by atoms with Gasteiger partial charge >= 0.3 is 0 Å². The van der Waals surface area contributed by atoms with Gasteiger partial charge < -0.3 is 0 Å². The van der Waals surface area contributed by atoms with E-state index < -0.39 is 13.8 Å². The van der Waals surface area contributed by atoms with Gasteiger partial charge in [0.05, 0.1) is 0 Å². The van der Waals surface area contributed by atoms with Crippen LogP contribution in [0.5, 0.6) is 0 Å². The zero-order valence-corrected chi connectivity index (χ0v) is 9.71. The van der Waals surface area contributed by atoms with Crippen molar-refractivity contribution in [1.29, 1.82) is 0 Å². The van der Waals surface area contributed by atoms with Crippen LogP contribution >= 0.6 is 22.3 Å². The molecule has 1 rings (SSSR count). The highest BCUT2D eigenvalue weighted by Crippen LogP contribution is 2.30. The summed E-state index contributed by atoms with van der Waals surface area (Å²) in [5, 5.41) is 0. The summed E-state index contributed by atoms with van der Waals surface area (Å²) in [5.41, 5.74) is 0. The molecule has 5 heteroatoms. The molecule has 2 nitrogen and oxygen atoms in total. The van der Waals surface area contributed by atoms with Crippen LogP contribution in [0.2, 0.25) is 0 Å². The Morgan fingerprint density at radius 2 is 1.77 bits per heavy atom. The molecule has 1 saturated carbocycles. The van der Waals surface area contributed by atoms with Crippen LogP contribution < -0.4 is 0 Å². The number of hydrogen-bond acceptors (Lipinski definition) is 2. The van der Waals surface area contributed by atoms with Gasteiger partial charge in [0.1, 0.15) is 4.71 Å². The highest BCUT2D eigenvalue weighted by molar-refractivity contribution is 8.15. The first-order valence-corrected chi connectivity index (χ1v) is 7.38. The number of alkyl halides is 1. The number of halogens is 2. The predicted molar refractivity (Wildman–Crippen MR) is 55.6 cm³/mol. The Labute approximate surface area is 89.0 Å². The molecule has 0 aromatic carbocycles. The maximum Gasteiger partial charge on any atom is 0.249 e. The van der Waals surface area contributed by atoms with Crippen LogP contribution in [-0.2, 0) is 9.05 Å². The summed E-state index contributed by atoms with van der Waals surface area (Å²) >= 11 is 5.67. The number of hydrogen-bond donors (Lipinski definition) is 0. The third kappa shape index (κ3) is 4.05. The molecule has 0 aromatic heterocycles. The molecule has 0 radical (unpaired) electrons. The van der Waals surface area contributed by atoms with Crippen LogP contribution in [0.25, 0.3) is 0 Å². The van der Waals surface area contributed by atoms with Gasteiger partial charge in [-0.3, -0.25) is 0 Å². The summed E-state index contributed by atoms with van der Waals surface area (Å²) in [5.74, 6) is 0.449. The Balaban J connectivity index is 2.39. The Morgan fingerprint density at radius 3 is 2.23 bits per heavy atom. The highest BCUT2D eigenvalue weighted by Gasteiger charge is 2.25. The van der Waals surface area contributed by atoms with Crippen molar-refractivity contribution < 1.29 is 8.42 Å². The SMILES string of the molecule is O=S(=O)(Cl)C(Cl)CC1CCCCC1. The lowest BCUT2D eigenvalue weighted by Gasteiger charge is -2.22. The topological polar surface area (TPSA) is 34.1 Å². The Hall–Kier alpha value is 0.530. The van der Waals surface area contributed by atoms with E-state index in [9.17, 15) is 8.42 Å². The van der Waals surface area contributed by atoms with Crippen LogP contribution in [0, 0.1) is 5.92 Å². The summed E-state index contributed by atoms with van der Waals surface area (Å²) in [6, 6.07) is 0. The Morgan fingerprint density at radius 1 is 1.23 bits per heavy atom. The molecule has 0 spiro atoms. The largest absolute Gasteiger partial charge is 0.249 e. The lowest BCUT2D eigenvalue weighted by Crippen LogP contribution is -2.16. The van der Waals surface area contributed by atoms with Crippen molar-refractivity contribution in [2.45, 2.75) is 43.2 Å². The smallest absolute Gasteiger partial charge is 0.211 e. The van der Waals surface area contributed by atoms with Crippen molar-refractivity contribution in [2.75, 3.05) is 0 Å². The van der Waals surface area contributed by atoms with E-state index in [1.165, 1.54) is 19.3 Å². The van der Waals surface area contributed by atoms with Crippen molar-refractivity contribution in [3.05, 3.63) is 0 Å². The zero-order chi connectivity index (χ0) is 9.90. The third-order valence-corrected chi connectivity index (χ3v) is 5.15. The van der Waals surface area contributed by atoms with Gasteiger partial charge in [-0.15, -0.1) is 11.6 Å². The van der Waals surface area contributed by atoms with E-state index in [0.717, 1.165) is 12.8 Å². The van der Waals surface area contributed by atoms with Gasteiger partial charge in [0, 0.05) is 10.7 Å². The fraction of sp³-hybridized carbons (Fsp3) is 1.00. The maximum absolute atomic E-state index is 10.8. The van der Waals surface area contributed by atoms with E-state index in [2.05, 4.69) is 0 Å². The fourth-order valence-corrected chi connectivity index (χ4v) is 2.77. The van der Waals surface area contributed by atoms with Crippen LogP contribution in [0.1, 0.15) is 38.5 Å². The average Bonchev–Trinajstić information content (AvgIpc) is 2.04. The zero-order valence-electron chi connectivity index (χ0n) is 7.38. The summed E-state index contributed by atoms with van der Waals surface area (Å²) in [6.45, 7) is 0. The number of rotatable bonds is 3. The summed E-state index contributed by atoms with van der Waals surface area (Å²) in [4.78, 5) is 0. The van der Waals surface area contributed by atoms with Crippen molar-refractivity contribution >= 4 is 31.3 Å². The van der Waals surface area contributed by atoms with Crippen LogP contribution in [0.4, 0.5) is 0 Å². The first-order valence-electron chi connectivity index (χ1n) is 4.57. The molecular formula is C8H14Cl2O2S. The van der Waals surface area contributed by atoms with Crippen LogP contribution in [0.15, 0.2) is 0 Å². The Bertz CT molecular complexity index is 245. The van der Waals surface area contributed by atoms with Gasteiger partial charge in [0.25, 0.3) is 0 Å². The lowest BCUT2D eigenvalue weighted by atomic mass is 9.87. The second-order valence-electron chi connectivity index (χ2n) is 3.63. The maximum atomic E-state index is 10.8. The normalized spacial score (nSPS) is 22.9. The average molecular weight is 245 g/mol. The van der Waals surface area contributed by atoms with E-state index >= 15 is 0 Å². The minimum absolute atomic E-state index is 0.449. The van der Waals surface area contributed by atoms with Gasteiger partial charge in [0.15, 0.2) is 0 Å². The van der Waals surface area contributed by atoms with Gasteiger partial charge in [-0.25, -0.2) is 8.42 Å². The minimum Gasteiger partial charge on any atom is -0.211 e. The lowest BCUT2D eigenvalue weighted by molar-refractivity contribution is 0.345. The third-order valence-electron chi connectivity index (χ3n) is 2.55. The molecule has 1 fully saturated rings. The second-order valence-corrected chi connectivity index (χ2v) is 7.22. The minimum atomic E-state index is -3.56. The molecule has 0 heterocycles. The molecule has 1 atom stereocenters. The highest BCUT2D eigenvalue weighted by atomic mass is 35.7. The molecule has 0 saturated heterocycles. The fourth-order valence-electron chi connectivity index (χ4n) is 1.80. The predicted octanol–water partition coefficient (Wildman–Crippen LogP) is 3.09. The van der Waals surface area contributed by atoms with Gasteiger partial charge in [0.2, 0.25) is 9.05 Å². The molecule has 1 unspecified atom stereocenters. The van der Waals surface area contributed by atoms with Crippen molar-refractivity contribution in [2.24, 2.45) is 5.92 Å². The van der Waals surface area contributed by atoms with Gasteiger partial charge in [-0.2, -0.15) is 0 Å². The second kappa shape index (κ2) is 4.85. The standard InChI is InChI=1S/C8H14Cl2O2S/c9-8(13(10,11)12)6-7-4-2-1-3-5-7/h7-8H,1-6H2. The molecule has 0 amide bonds.